The van der Waals surface area contributed by atoms with Gasteiger partial charge in [-0.3, -0.25) is 10.0 Å². The first-order chi connectivity index (χ1) is 12.7. The fraction of sp³-hybridized carbons (Fsp3) is 0.0476. The van der Waals surface area contributed by atoms with Crippen LogP contribution in [0.15, 0.2) is 71.7 Å². The van der Waals surface area contributed by atoms with Crippen LogP contribution >= 0.6 is 0 Å². The number of fused-ring (bicyclic) bond motifs is 2. The van der Waals surface area contributed by atoms with E-state index in [2.05, 4.69) is 0 Å². The van der Waals surface area contributed by atoms with Gasteiger partial charge < -0.3 is 0 Å². The molecule has 0 saturated heterocycles. The van der Waals surface area contributed by atoms with E-state index in [0.29, 0.717) is 17.7 Å². The summed E-state index contributed by atoms with van der Waals surface area (Å²) in [5.74, 6) is -1.33. The Morgan fingerprint density at radius 1 is 0.962 bits per heavy atom. The molecule has 0 aliphatic carbocycles. The fourth-order valence-electron chi connectivity index (χ4n) is 3.18. The molecule has 26 heavy (non-hydrogen) atoms. The van der Waals surface area contributed by atoms with Gasteiger partial charge in [-0.25, -0.2) is 14.9 Å². The molecule has 1 heterocycles. The van der Waals surface area contributed by atoms with Crippen LogP contribution in [0, 0.1) is 5.82 Å². The van der Waals surface area contributed by atoms with Crippen molar-refractivity contribution in [1.82, 2.24) is 5.48 Å². The van der Waals surface area contributed by atoms with E-state index in [1.54, 1.807) is 0 Å². The Morgan fingerprint density at radius 3 is 2.46 bits per heavy atom. The predicted octanol–water partition coefficient (Wildman–Crippen LogP) is 4.02. The molecule has 0 bridgehead atoms. The van der Waals surface area contributed by atoms with Crippen LogP contribution in [0.3, 0.4) is 0 Å². The van der Waals surface area contributed by atoms with Crippen molar-refractivity contribution in [2.45, 2.75) is 6.42 Å². The Labute approximate surface area is 149 Å². The smallest absolute Gasteiger partial charge is 0.274 e. The number of halogens is 1. The van der Waals surface area contributed by atoms with Gasteiger partial charge in [-0.1, -0.05) is 42.5 Å². The highest BCUT2D eigenvalue weighted by Crippen LogP contribution is 2.31. The summed E-state index contributed by atoms with van der Waals surface area (Å²) in [5, 5.41) is 8.73. The summed E-state index contributed by atoms with van der Waals surface area (Å²) in [5.41, 5.74) is 6.19. The summed E-state index contributed by atoms with van der Waals surface area (Å²) in [6.07, 6.45) is 0.714. The maximum atomic E-state index is 14.8. The summed E-state index contributed by atoms with van der Waals surface area (Å²) >= 11 is 0. The van der Waals surface area contributed by atoms with E-state index in [9.17, 15) is 9.18 Å². The topological polar surface area (TPSA) is 61.7 Å². The summed E-state index contributed by atoms with van der Waals surface area (Å²) in [6.45, 7) is 0. The summed E-state index contributed by atoms with van der Waals surface area (Å²) < 4.78 is 14.8. The van der Waals surface area contributed by atoms with Crippen molar-refractivity contribution >= 4 is 17.3 Å². The summed E-state index contributed by atoms with van der Waals surface area (Å²) in [6, 6.07) is 19.7. The first-order valence-electron chi connectivity index (χ1n) is 8.16. The second-order valence-corrected chi connectivity index (χ2v) is 6.06. The van der Waals surface area contributed by atoms with E-state index >= 15 is 0 Å². The molecular weight excluding hydrogens is 331 g/mol. The molecule has 0 atom stereocenters. The number of rotatable bonds is 2. The minimum atomic E-state index is -0.760. The molecule has 3 aromatic rings. The average molecular weight is 346 g/mol. The number of hydrogen-bond acceptors (Lipinski definition) is 3. The maximum Gasteiger partial charge on any atom is 0.274 e. The van der Waals surface area contributed by atoms with Crippen molar-refractivity contribution < 1.29 is 14.4 Å². The van der Waals surface area contributed by atoms with Gasteiger partial charge in [0.25, 0.3) is 5.91 Å². The molecule has 4 rings (SSSR count). The second-order valence-electron chi connectivity index (χ2n) is 6.06. The molecule has 1 amide bonds. The molecule has 4 nitrogen and oxygen atoms in total. The highest BCUT2D eigenvalue weighted by molar-refractivity contribution is 6.15. The van der Waals surface area contributed by atoms with Gasteiger partial charge in [-0.2, -0.15) is 0 Å². The van der Waals surface area contributed by atoms with Gasteiger partial charge in [-0.05, 0) is 35.4 Å². The number of para-hydroxylation sites is 1. The Balaban J connectivity index is 1.92. The largest absolute Gasteiger partial charge is 0.288 e. The van der Waals surface area contributed by atoms with E-state index in [4.69, 9.17) is 10.2 Å². The Bertz CT molecular complexity index is 1040. The van der Waals surface area contributed by atoms with Gasteiger partial charge in [0.15, 0.2) is 0 Å². The number of benzene rings is 3. The number of amides is 1. The van der Waals surface area contributed by atoms with Crippen molar-refractivity contribution in [2.75, 3.05) is 0 Å². The van der Waals surface area contributed by atoms with Crippen LogP contribution in [0.4, 0.5) is 10.1 Å². The number of carbonyl (C=O) groups is 1. The molecule has 0 saturated carbocycles. The molecule has 0 spiro atoms. The highest BCUT2D eigenvalue weighted by Gasteiger charge is 2.20. The van der Waals surface area contributed by atoms with E-state index < -0.39 is 11.7 Å². The normalized spacial score (nSPS) is 12.5. The monoisotopic (exact) mass is 346 g/mol. The lowest BCUT2D eigenvalue weighted by Gasteiger charge is -2.11. The van der Waals surface area contributed by atoms with Crippen LogP contribution < -0.4 is 5.48 Å². The van der Waals surface area contributed by atoms with Crippen molar-refractivity contribution in [3.8, 4) is 0 Å². The van der Waals surface area contributed by atoms with E-state index in [1.807, 2.05) is 48.5 Å². The van der Waals surface area contributed by atoms with E-state index in [1.165, 1.54) is 17.6 Å². The predicted molar refractivity (Wildman–Crippen MR) is 96.6 cm³/mol. The minimum Gasteiger partial charge on any atom is -0.288 e. The van der Waals surface area contributed by atoms with Crippen LogP contribution in [0.5, 0.6) is 0 Å². The number of hydroxylamine groups is 1. The maximum absolute atomic E-state index is 14.8. The molecule has 0 radical (unpaired) electrons. The third-order valence-corrected chi connectivity index (χ3v) is 4.47. The Morgan fingerprint density at radius 2 is 1.69 bits per heavy atom. The average Bonchev–Trinajstić information content (AvgIpc) is 2.84. The summed E-state index contributed by atoms with van der Waals surface area (Å²) in [4.78, 5) is 16.2. The van der Waals surface area contributed by atoms with E-state index in [0.717, 1.165) is 28.4 Å². The molecule has 1 aliphatic heterocycles. The zero-order valence-corrected chi connectivity index (χ0v) is 13.7. The van der Waals surface area contributed by atoms with Crippen LogP contribution in [0.1, 0.15) is 32.6 Å². The first kappa shape index (κ1) is 16.2. The zero-order valence-electron chi connectivity index (χ0n) is 13.7. The van der Waals surface area contributed by atoms with Gasteiger partial charge in [0, 0.05) is 23.1 Å². The standard InChI is InChI=1S/C21H15FN2O2/c22-18-12-15(21(25)24-26)9-10-17(18)20-16-7-3-1-5-13(16)11-14-6-2-4-8-19(14)23-20/h1-10,12,26H,11H2,(H,24,25). The molecule has 128 valence electrons. The molecule has 5 heteroatoms. The molecule has 0 aromatic heterocycles. The molecule has 1 aliphatic rings. The van der Waals surface area contributed by atoms with Crippen molar-refractivity contribution in [1.29, 1.82) is 0 Å². The van der Waals surface area contributed by atoms with E-state index in [-0.39, 0.29) is 5.56 Å². The minimum absolute atomic E-state index is 0.0386. The van der Waals surface area contributed by atoms with Gasteiger partial charge in [-0.15, -0.1) is 0 Å². The quantitative estimate of drug-likeness (QED) is 0.425. The molecule has 0 unspecified atom stereocenters. The number of nitrogens with zero attached hydrogens (tertiary/aromatic N) is 1. The highest BCUT2D eigenvalue weighted by atomic mass is 19.1. The fourth-order valence-corrected chi connectivity index (χ4v) is 3.18. The zero-order chi connectivity index (χ0) is 18.1. The van der Waals surface area contributed by atoms with Crippen molar-refractivity contribution in [2.24, 2.45) is 4.99 Å². The first-order valence-corrected chi connectivity index (χ1v) is 8.16. The van der Waals surface area contributed by atoms with Crippen LogP contribution in [-0.2, 0) is 6.42 Å². The van der Waals surface area contributed by atoms with Crippen molar-refractivity contribution in [3.05, 3.63) is 100 Å². The summed E-state index contributed by atoms with van der Waals surface area (Å²) in [7, 11) is 0. The van der Waals surface area contributed by atoms with Crippen LogP contribution in [0.2, 0.25) is 0 Å². The molecule has 2 N–H and O–H groups in total. The number of aliphatic imine (C=N–C) groups is 1. The van der Waals surface area contributed by atoms with Gasteiger partial charge in [0.2, 0.25) is 0 Å². The SMILES string of the molecule is O=C(NO)c1ccc(C2=Nc3ccccc3Cc3ccccc32)c(F)c1. The third kappa shape index (κ3) is 2.78. The lowest BCUT2D eigenvalue weighted by atomic mass is 9.94. The number of carbonyl (C=O) groups excluding carboxylic acids is 1. The lowest BCUT2D eigenvalue weighted by Crippen LogP contribution is -2.19. The Kier molecular flexibility index (Phi) is 4.07. The number of nitrogens with one attached hydrogen (secondary N) is 1. The number of hydrogen-bond donors (Lipinski definition) is 2. The second kappa shape index (κ2) is 6.54. The van der Waals surface area contributed by atoms with Crippen LogP contribution in [-0.4, -0.2) is 16.8 Å². The van der Waals surface area contributed by atoms with Crippen LogP contribution in [0.25, 0.3) is 0 Å². The third-order valence-electron chi connectivity index (χ3n) is 4.47. The van der Waals surface area contributed by atoms with Gasteiger partial charge >= 0.3 is 0 Å². The van der Waals surface area contributed by atoms with Crippen molar-refractivity contribution in [3.63, 3.8) is 0 Å². The molecular formula is C21H15FN2O2. The Hall–Kier alpha value is -3.31. The lowest BCUT2D eigenvalue weighted by molar-refractivity contribution is 0.0706. The molecule has 0 fully saturated rings. The molecule has 3 aromatic carbocycles. The van der Waals surface area contributed by atoms with Gasteiger partial charge in [0.05, 0.1) is 11.4 Å². The van der Waals surface area contributed by atoms with Gasteiger partial charge in [0.1, 0.15) is 5.82 Å².